The van der Waals surface area contributed by atoms with Crippen molar-refractivity contribution in [1.82, 2.24) is 15.3 Å². The molecule has 0 saturated carbocycles. The first kappa shape index (κ1) is 44.3. The number of amides is 5. The van der Waals surface area contributed by atoms with Crippen LogP contribution in [0.2, 0.25) is 0 Å². The number of anilines is 6. The van der Waals surface area contributed by atoms with E-state index in [0.717, 1.165) is 35.9 Å². The molecule has 0 fully saturated rings. The highest BCUT2D eigenvalue weighted by molar-refractivity contribution is 5.93. The Hall–Kier alpha value is -6.85. The summed E-state index contributed by atoms with van der Waals surface area (Å²) in [4.78, 5) is 60.6. The summed E-state index contributed by atoms with van der Waals surface area (Å²) >= 11 is 0. The first-order valence-corrected chi connectivity index (χ1v) is 19.4. The largest absolute Gasteiger partial charge is 0.490 e. The topological polar surface area (TPSA) is 206 Å². The third-order valence-electron chi connectivity index (χ3n) is 8.85. The van der Waals surface area contributed by atoms with E-state index in [9.17, 15) is 19.2 Å². The third kappa shape index (κ3) is 11.9. The number of aromatic amines is 1. The number of H-pyrrole nitrogens is 1. The van der Waals surface area contributed by atoms with Gasteiger partial charge in [0, 0.05) is 37.4 Å². The summed E-state index contributed by atoms with van der Waals surface area (Å²) in [5.41, 5.74) is 9.94. The molecule has 18 heteroatoms. The lowest BCUT2D eigenvalue weighted by atomic mass is 10.2. The van der Waals surface area contributed by atoms with Gasteiger partial charge in [0.15, 0.2) is 0 Å². The van der Waals surface area contributed by atoms with Crippen LogP contribution in [0.3, 0.4) is 0 Å². The number of imidazole rings is 1. The minimum Gasteiger partial charge on any atom is -0.490 e. The molecule has 322 valence electrons. The molecule has 0 saturated heterocycles. The van der Waals surface area contributed by atoms with Crippen molar-refractivity contribution in [2.75, 3.05) is 84.2 Å². The highest BCUT2D eigenvalue weighted by atomic mass is 16.6. The van der Waals surface area contributed by atoms with Crippen molar-refractivity contribution < 1.29 is 42.9 Å². The molecular weight excluding hydrogens is 775 g/mol. The zero-order valence-electron chi connectivity index (χ0n) is 35.4. The standard InChI is InChI=1S/C15H19N5O2.C14H18N2O4.C13H18N2O3/c1-16-15(21)19(2)12-3-4-14-13(7-12)20(5-6-22-14)9-11-8-17-10-18-11;1-14(2,3)20-13(18)16-6-7-19-12-5-4-10(15-9-17)8-11(12)16;1-13(2,3)18-12(16)15-6-7-17-11-5-4-9(14)8-10(11)15/h3-4,7-8,10H,5-6,9H2,1-2H3,(H,16,21)(H,17,18);4-5,8-9H,6-7H2,1-3H3,(H,15,17);4-5,8H,6-7,14H2,1-3H3. The molecule has 0 unspecified atom stereocenters. The Labute approximate surface area is 349 Å². The predicted molar refractivity (Wildman–Crippen MR) is 230 cm³/mol. The van der Waals surface area contributed by atoms with Crippen LogP contribution in [0, 0.1) is 0 Å². The normalized spacial score (nSPS) is 14.0. The second-order valence-electron chi connectivity index (χ2n) is 15.7. The number of carbonyl (C=O) groups excluding carboxylic acids is 4. The predicted octanol–water partition coefficient (Wildman–Crippen LogP) is 6.38. The fourth-order valence-corrected chi connectivity index (χ4v) is 6.12. The molecule has 3 aliphatic rings. The van der Waals surface area contributed by atoms with E-state index >= 15 is 0 Å². The molecule has 5 amide bonds. The molecule has 5 N–H and O–H groups in total. The summed E-state index contributed by atoms with van der Waals surface area (Å²) in [6.45, 7) is 14.9. The SMILES string of the molecule is CC(C)(C)OC(=O)N1CCOc2ccc(N)cc21.CC(C)(C)OC(=O)N1CCOc2ccc(NC=O)cc21.CNC(=O)N(C)c1ccc2c(c1)N(Cc1cnc[nH]1)CCO2. The molecular formula is C42H55N9O9. The van der Waals surface area contributed by atoms with Crippen molar-refractivity contribution in [3.63, 3.8) is 0 Å². The molecule has 0 bridgehead atoms. The molecule has 0 spiro atoms. The Morgan fingerprint density at radius 2 is 1.37 bits per heavy atom. The Bertz CT molecular complexity index is 2120. The van der Waals surface area contributed by atoms with Crippen molar-refractivity contribution in [3.8, 4) is 17.2 Å². The van der Waals surface area contributed by atoms with E-state index in [0.29, 0.717) is 73.6 Å². The minimum absolute atomic E-state index is 0.156. The minimum atomic E-state index is -0.561. The zero-order valence-corrected chi connectivity index (χ0v) is 35.4. The lowest BCUT2D eigenvalue weighted by molar-refractivity contribution is -0.105. The summed E-state index contributed by atoms with van der Waals surface area (Å²) in [6.07, 6.45) is 3.27. The fourth-order valence-electron chi connectivity index (χ4n) is 6.12. The number of aromatic nitrogens is 2. The maximum atomic E-state index is 12.2. The number of carbonyl (C=O) groups is 4. The first-order chi connectivity index (χ1) is 28.5. The van der Waals surface area contributed by atoms with Crippen LogP contribution in [0.5, 0.6) is 17.2 Å². The third-order valence-corrected chi connectivity index (χ3v) is 8.85. The van der Waals surface area contributed by atoms with E-state index in [2.05, 4.69) is 25.5 Å². The van der Waals surface area contributed by atoms with E-state index in [1.165, 1.54) is 4.90 Å². The van der Waals surface area contributed by atoms with Gasteiger partial charge in [-0.2, -0.15) is 0 Å². The number of nitrogen functional groups attached to an aromatic ring is 1. The molecule has 7 rings (SSSR count). The first-order valence-electron chi connectivity index (χ1n) is 19.4. The van der Waals surface area contributed by atoms with Crippen LogP contribution < -0.4 is 50.2 Å². The van der Waals surface area contributed by atoms with Gasteiger partial charge in [0.2, 0.25) is 6.41 Å². The quantitative estimate of drug-likeness (QED) is 0.128. The molecule has 4 heterocycles. The maximum absolute atomic E-state index is 12.2. The van der Waals surface area contributed by atoms with E-state index < -0.39 is 17.3 Å². The van der Waals surface area contributed by atoms with Gasteiger partial charge in [-0.15, -0.1) is 0 Å². The van der Waals surface area contributed by atoms with E-state index in [1.807, 2.05) is 65.9 Å². The second-order valence-corrected chi connectivity index (χ2v) is 15.7. The monoisotopic (exact) mass is 829 g/mol. The van der Waals surface area contributed by atoms with E-state index in [-0.39, 0.29) is 12.1 Å². The lowest BCUT2D eigenvalue weighted by Gasteiger charge is -2.32. The van der Waals surface area contributed by atoms with Gasteiger partial charge in [-0.05, 0) is 96.1 Å². The maximum Gasteiger partial charge on any atom is 0.415 e. The highest BCUT2D eigenvalue weighted by Crippen LogP contribution is 2.37. The summed E-state index contributed by atoms with van der Waals surface area (Å²) < 4.78 is 27.4. The molecule has 4 aromatic rings. The molecule has 18 nitrogen and oxygen atoms in total. The molecule has 60 heavy (non-hydrogen) atoms. The molecule has 0 atom stereocenters. The van der Waals surface area contributed by atoms with Crippen LogP contribution in [-0.2, 0) is 20.8 Å². The smallest absolute Gasteiger partial charge is 0.415 e. The van der Waals surface area contributed by atoms with Gasteiger partial charge in [0.25, 0.3) is 0 Å². The number of urea groups is 1. The number of hydrogen-bond acceptors (Lipinski definition) is 12. The Morgan fingerprint density at radius 3 is 1.92 bits per heavy atom. The number of nitrogens with zero attached hydrogens (tertiary/aromatic N) is 5. The summed E-state index contributed by atoms with van der Waals surface area (Å²) in [5.74, 6) is 2.08. The van der Waals surface area contributed by atoms with E-state index in [1.54, 1.807) is 66.6 Å². The number of benzene rings is 3. The van der Waals surface area contributed by atoms with Gasteiger partial charge in [0.05, 0.1) is 55.3 Å². The molecule has 0 aliphatic carbocycles. The van der Waals surface area contributed by atoms with Crippen LogP contribution in [0.4, 0.5) is 48.5 Å². The van der Waals surface area contributed by atoms with Gasteiger partial charge in [-0.1, -0.05) is 0 Å². The van der Waals surface area contributed by atoms with Crippen molar-refractivity contribution in [2.24, 2.45) is 0 Å². The van der Waals surface area contributed by atoms with Crippen LogP contribution in [0.25, 0.3) is 0 Å². The van der Waals surface area contributed by atoms with Gasteiger partial charge >= 0.3 is 18.2 Å². The van der Waals surface area contributed by atoms with Crippen molar-refractivity contribution in [2.45, 2.75) is 59.3 Å². The lowest BCUT2D eigenvalue weighted by Crippen LogP contribution is -2.41. The highest BCUT2D eigenvalue weighted by Gasteiger charge is 2.30. The second kappa shape index (κ2) is 19.3. The number of nitrogens with two attached hydrogens (primary N) is 1. The fraction of sp³-hybridized carbons (Fsp3) is 0.405. The zero-order chi connectivity index (χ0) is 43.6. The summed E-state index contributed by atoms with van der Waals surface area (Å²) in [5, 5.41) is 5.17. The van der Waals surface area contributed by atoms with Crippen LogP contribution in [0.15, 0.2) is 67.1 Å². The molecule has 1 aromatic heterocycles. The van der Waals surface area contributed by atoms with Crippen molar-refractivity contribution in [3.05, 3.63) is 72.8 Å². The van der Waals surface area contributed by atoms with Crippen molar-refractivity contribution >= 4 is 58.8 Å². The van der Waals surface area contributed by atoms with Crippen LogP contribution in [0.1, 0.15) is 47.2 Å². The average molecular weight is 830 g/mol. The van der Waals surface area contributed by atoms with Crippen LogP contribution in [-0.4, -0.2) is 99.3 Å². The Morgan fingerprint density at radius 1 is 0.817 bits per heavy atom. The number of fused-ring (bicyclic) bond motifs is 3. The number of nitrogens with one attached hydrogen (secondary N) is 3. The number of rotatable bonds is 5. The Kier molecular flexibility index (Phi) is 14.2. The number of hydrogen-bond donors (Lipinski definition) is 4. The van der Waals surface area contributed by atoms with Crippen molar-refractivity contribution in [1.29, 1.82) is 0 Å². The molecule has 3 aromatic carbocycles. The number of ether oxygens (including phenoxy) is 5. The van der Waals surface area contributed by atoms with Gasteiger partial charge < -0.3 is 49.9 Å². The Balaban J connectivity index is 0.000000172. The van der Waals surface area contributed by atoms with Crippen LogP contribution >= 0.6 is 0 Å². The average Bonchev–Trinajstić information content (AvgIpc) is 3.72. The van der Waals surface area contributed by atoms with Gasteiger partial charge in [0.1, 0.15) is 48.3 Å². The summed E-state index contributed by atoms with van der Waals surface area (Å²) in [6, 6.07) is 16.0. The van der Waals surface area contributed by atoms with Gasteiger partial charge in [-0.3, -0.25) is 19.5 Å². The van der Waals surface area contributed by atoms with E-state index in [4.69, 9.17) is 29.4 Å². The summed E-state index contributed by atoms with van der Waals surface area (Å²) in [7, 11) is 3.36. The molecule has 0 radical (unpaired) electrons. The molecule has 3 aliphatic heterocycles. The van der Waals surface area contributed by atoms with Gasteiger partial charge in [-0.25, -0.2) is 19.4 Å².